The molecule has 0 saturated carbocycles. The van der Waals surface area contributed by atoms with Crippen molar-refractivity contribution in [3.63, 3.8) is 0 Å². The molecule has 3 N–H and O–H groups in total. The van der Waals surface area contributed by atoms with Crippen LogP contribution in [0, 0.1) is 12.7 Å². The lowest BCUT2D eigenvalue weighted by atomic mass is 10.0. The molecule has 1 aliphatic heterocycles. The number of piperidine rings is 1. The summed E-state index contributed by atoms with van der Waals surface area (Å²) in [4.78, 5) is 28.9. The summed E-state index contributed by atoms with van der Waals surface area (Å²) < 4.78 is 20.6. The van der Waals surface area contributed by atoms with Crippen LogP contribution < -0.4 is 20.9 Å². The maximum atomic E-state index is 15.5. The van der Waals surface area contributed by atoms with E-state index < -0.39 is 11.7 Å². The Hall–Kier alpha value is -4.15. The lowest BCUT2D eigenvalue weighted by Gasteiger charge is -2.35. The number of nitrogens with zero attached hydrogens (tertiary/aromatic N) is 4. The van der Waals surface area contributed by atoms with Crippen molar-refractivity contribution in [2.75, 3.05) is 48.9 Å². The highest BCUT2D eigenvalue weighted by Crippen LogP contribution is 2.32. The number of aromatic nitrogens is 3. The van der Waals surface area contributed by atoms with E-state index in [0.717, 1.165) is 35.7 Å². The van der Waals surface area contributed by atoms with Gasteiger partial charge in [0.25, 0.3) is 5.91 Å². The molecule has 0 aliphatic carbocycles. The van der Waals surface area contributed by atoms with Gasteiger partial charge in [-0.2, -0.15) is 4.98 Å². The van der Waals surface area contributed by atoms with E-state index in [4.69, 9.17) is 4.74 Å². The second-order valence-electron chi connectivity index (χ2n) is 9.49. The predicted molar refractivity (Wildman–Crippen MR) is 151 cm³/mol. The summed E-state index contributed by atoms with van der Waals surface area (Å²) in [7, 11) is 1.63. The van der Waals surface area contributed by atoms with Gasteiger partial charge in [0, 0.05) is 43.7 Å². The third-order valence-corrected chi connectivity index (χ3v) is 6.79. The molecule has 0 unspecified atom stereocenters. The van der Waals surface area contributed by atoms with Crippen LogP contribution in [0.15, 0.2) is 60.9 Å². The van der Waals surface area contributed by atoms with Gasteiger partial charge in [0.15, 0.2) is 0 Å². The van der Waals surface area contributed by atoms with Crippen LogP contribution in [-0.4, -0.2) is 60.3 Å². The Morgan fingerprint density at radius 1 is 1.18 bits per heavy atom. The van der Waals surface area contributed by atoms with E-state index in [9.17, 15) is 4.79 Å². The number of pyridine rings is 1. The number of anilines is 4. The average Bonchev–Trinajstić information content (AvgIpc) is 2.94. The smallest absolute Gasteiger partial charge is 0.262 e. The molecule has 1 amide bonds. The summed E-state index contributed by atoms with van der Waals surface area (Å²) >= 11 is 0. The third-order valence-electron chi connectivity index (χ3n) is 6.79. The molecule has 0 bridgehead atoms. The molecule has 10 heteroatoms. The van der Waals surface area contributed by atoms with Crippen molar-refractivity contribution in [1.82, 2.24) is 20.3 Å². The largest absolute Gasteiger partial charge is 0.383 e. The highest BCUT2D eigenvalue weighted by atomic mass is 19.1. The number of aryl methyl sites for hydroxylation is 1. The number of carbonyl (C=O) groups is 1. The maximum Gasteiger partial charge on any atom is 0.262 e. The zero-order valence-corrected chi connectivity index (χ0v) is 22.1. The highest BCUT2D eigenvalue weighted by molar-refractivity contribution is 6.11. The van der Waals surface area contributed by atoms with Crippen molar-refractivity contribution in [3.05, 3.63) is 77.9 Å². The molecule has 2 aromatic heterocycles. The Morgan fingerprint density at radius 2 is 2.05 bits per heavy atom. The molecule has 39 heavy (non-hydrogen) atoms. The van der Waals surface area contributed by atoms with Crippen molar-refractivity contribution < 1.29 is 13.9 Å². The number of methoxy groups -OCH3 is 1. The van der Waals surface area contributed by atoms with E-state index >= 15 is 4.39 Å². The van der Waals surface area contributed by atoms with E-state index in [1.165, 1.54) is 12.1 Å². The first-order valence-electron chi connectivity index (χ1n) is 13.1. The first kappa shape index (κ1) is 26.5. The first-order chi connectivity index (χ1) is 19.0. The molecule has 1 saturated heterocycles. The van der Waals surface area contributed by atoms with Gasteiger partial charge in [-0.25, -0.2) is 14.4 Å². The summed E-state index contributed by atoms with van der Waals surface area (Å²) in [6.45, 7) is 4.63. The van der Waals surface area contributed by atoms with Crippen LogP contribution in [0.25, 0.3) is 10.8 Å². The number of benzene rings is 2. The van der Waals surface area contributed by atoms with Crippen molar-refractivity contribution in [1.29, 1.82) is 0 Å². The number of fused-ring (bicyclic) bond motifs is 1. The van der Waals surface area contributed by atoms with Crippen molar-refractivity contribution in [2.24, 2.45) is 0 Å². The van der Waals surface area contributed by atoms with Crippen LogP contribution in [-0.2, 0) is 4.74 Å². The van der Waals surface area contributed by atoms with Gasteiger partial charge >= 0.3 is 0 Å². The monoisotopic (exact) mass is 529 g/mol. The Kier molecular flexibility index (Phi) is 8.24. The maximum absolute atomic E-state index is 15.5. The van der Waals surface area contributed by atoms with E-state index in [0.29, 0.717) is 43.0 Å². The average molecular weight is 530 g/mol. The number of hydrogen-bond acceptors (Lipinski definition) is 8. The fourth-order valence-electron chi connectivity index (χ4n) is 4.88. The first-order valence-corrected chi connectivity index (χ1v) is 13.1. The van der Waals surface area contributed by atoms with Gasteiger partial charge in [-0.3, -0.25) is 9.69 Å². The highest BCUT2D eigenvalue weighted by Gasteiger charge is 2.31. The molecule has 4 aromatic rings. The van der Waals surface area contributed by atoms with Gasteiger partial charge in [0.05, 0.1) is 18.2 Å². The van der Waals surface area contributed by atoms with Gasteiger partial charge in [0.2, 0.25) is 5.95 Å². The molecule has 2 aromatic carbocycles. The summed E-state index contributed by atoms with van der Waals surface area (Å²) in [6, 6.07) is 14.0. The molecule has 202 valence electrons. The van der Waals surface area contributed by atoms with Crippen LogP contribution in [0.5, 0.6) is 0 Å². The zero-order valence-electron chi connectivity index (χ0n) is 22.1. The molecule has 5 rings (SSSR count). The van der Waals surface area contributed by atoms with Crippen LogP contribution >= 0.6 is 0 Å². The molecule has 1 fully saturated rings. The van der Waals surface area contributed by atoms with Crippen LogP contribution in [0.3, 0.4) is 0 Å². The molecule has 0 radical (unpaired) electrons. The summed E-state index contributed by atoms with van der Waals surface area (Å²) in [6.07, 6.45) is 5.03. The molecular formula is C29H32FN7O2. The normalized spacial score (nSPS) is 15.2. The Morgan fingerprint density at radius 3 is 2.85 bits per heavy atom. The SMILES string of the molecule is COCCNc1ccnc(Nc2ccc(C(=O)N(c3nccc4cccc(C)c34)[C@@H]3CCCNC3)c(F)c2)n1. The summed E-state index contributed by atoms with van der Waals surface area (Å²) in [5.74, 6) is 0.423. The topological polar surface area (TPSA) is 104 Å². The van der Waals surface area contributed by atoms with E-state index in [-0.39, 0.29) is 11.6 Å². The Labute approximate surface area is 226 Å². The zero-order chi connectivity index (χ0) is 27.2. The minimum absolute atomic E-state index is 0.0191. The second-order valence-corrected chi connectivity index (χ2v) is 9.49. The standard InChI is InChI=1S/C29H32FN7O2/c1-19-5-3-6-20-10-13-33-27(26(19)20)37(22-7-4-12-31-18-22)28(38)23-9-8-21(17-24(23)30)35-29-34-14-11-25(36-29)32-15-16-39-2/h3,5-6,8-11,13-14,17,22,31H,4,7,12,15-16,18H2,1-2H3,(H2,32,34,35,36)/t22-/m1/s1. The predicted octanol–water partition coefficient (Wildman–Crippen LogP) is 4.67. The summed E-state index contributed by atoms with van der Waals surface area (Å²) in [5.41, 5.74) is 1.42. The number of carbonyl (C=O) groups excluding carboxylic acids is 1. The van der Waals surface area contributed by atoms with Crippen molar-refractivity contribution in [2.45, 2.75) is 25.8 Å². The van der Waals surface area contributed by atoms with Gasteiger partial charge in [0.1, 0.15) is 17.5 Å². The van der Waals surface area contributed by atoms with Crippen LogP contribution in [0.1, 0.15) is 28.8 Å². The lowest BCUT2D eigenvalue weighted by Crippen LogP contribution is -2.49. The third kappa shape index (κ3) is 5.97. The van der Waals surface area contributed by atoms with Gasteiger partial charge in [-0.05, 0) is 67.6 Å². The lowest BCUT2D eigenvalue weighted by molar-refractivity contribution is 0.0968. The number of amides is 1. The van der Waals surface area contributed by atoms with Crippen LogP contribution in [0.2, 0.25) is 0 Å². The Balaban J connectivity index is 1.44. The van der Waals surface area contributed by atoms with E-state index in [1.54, 1.807) is 36.5 Å². The van der Waals surface area contributed by atoms with Gasteiger partial charge in [-0.1, -0.05) is 18.2 Å². The Bertz CT molecular complexity index is 1450. The number of rotatable bonds is 9. The van der Waals surface area contributed by atoms with Crippen molar-refractivity contribution >= 4 is 40.0 Å². The molecule has 0 spiro atoms. The minimum Gasteiger partial charge on any atom is -0.383 e. The molecule has 9 nitrogen and oxygen atoms in total. The number of halogens is 1. The fourth-order valence-corrected chi connectivity index (χ4v) is 4.88. The number of nitrogens with one attached hydrogen (secondary N) is 3. The fraction of sp³-hybridized carbons (Fsp3) is 0.310. The number of ether oxygens (including phenoxy) is 1. The number of hydrogen-bond donors (Lipinski definition) is 3. The minimum atomic E-state index is -0.634. The van der Waals surface area contributed by atoms with Crippen molar-refractivity contribution in [3.8, 4) is 0 Å². The van der Waals surface area contributed by atoms with E-state index in [2.05, 4.69) is 30.9 Å². The molecule has 1 atom stereocenters. The molecule has 1 aliphatic rings. The van der Waals surface area contributed by atoms with E-state index in [1.807, 2.05) is 31.2 Å². The van der Waals surface area contributed by atoms with Crippen LogP contribution in [0.4, 0.5) is 27.7 Å². The second kappa shape index (κ2) is 12.1. The quantitative estimate of drug-likeness (QED) is 0.269. The van der Waals surface area contributed by atoms with Gasteiger partial charge < -0.3 is 20.7 Å². The molecule has 3 heterocycles. The molecular weight excluding hydrogens is 497 g/mol. The summed E-state index contributed by atoms with van der Waals surface area (Å²) in [5, 5.41) is 11.4. The van der Waals surface area contributed by atoms with Gasteiger partial charge in [-0.15, -0.1) is 0 Å².